The molecule has 1 atom stereocenters. The van der Waals surface area contributed by atoms with Gasteiger partial charge in [-0.15, -0.1) is 0 Å². The first-order chi connectivity index (χ1) is 13.7. The van der Waals surface area contributed by atoms with Crippen molar-refractivity contribution in [2.75, 3.05) is 33.4 Å². The third-order valence-electron chi connectivity index (χ3n) is 4.85. The number of guanidine groups is 1. The Balaban J connectivity index is 1.69. The number of rotatable bonds is 8. The van der Waals surface area contributed by atoms with E-state index < -0.39 is 0 Å². The van der Waals surface area contributed by atoms with Crippen LogP contribution in [0.2, 0.25) is 0 Å². The van der Waals surface area contributed by atoms with Gasteiger partial charge in [0.05, 0.1) is 13.2 Å². The second kappa shape index (κ2) is 10.2. The van der Waals surface area contributed by atoms with Crippen LogP contribution < -0.4 is 5.32 Å². The second-order valence-electron chi connectivity index (χ2n) is 7.19. The summed E-state index contributed by atoms with van der Waals surface area (Å²) in [7, 11) is 1.77. The van der Waals surface area contributed by atoms with Gasteiger partial charge in [-0.1, -0.05) is 24.2 Å². The highest BCUT2D eigenvalue weighted by molar-refractivity contribution is 5.80. The molecule has 1 N–H and O–H groups in total. The number of likely N-dealkylation sites (tertiary alicyclic amines) is 1. The normalized spacial score (nSPS) is 17.3. The van der Waals surface area contributed by atoms with Gasteiger partial charge in [-0.2, -0.15) is 4.98 Å². The number of benzene rings is 1. The van der Waals surface area contributed by atoms with Crippen LogP contribution in [0.15, 0.2) is 33.8 Å². The van der Waals surface area contributed by atoms with Crippen molar-refractivity contribution in [3.05, 3.63) is 35.7 Å². The predicted molar refractivity (Wildman–Crippen MR) is 110 cm³/mol. The number of hydrogen-bond acceptors (Lipinski definition) is 5. The van der Waals surface area contributed by atoms with Gasteiger partial charge in [-0.05, 0) is 37.5 Å². The maximum absolute atomic E-state index is 5.41. The summed E-state index contributed by atoms with van der Waals surface area (Å²) in [6.07, 6.45) is 2.98. The molecule has 0 radical (unpaired) electrons. The van der Waals surface area contributed by atoms with Crippen molar-refractivity contribution in [2.24, 2.45) is 10.9 Å². The number of nitrogens with zero attached hydrogens (tertiary/aromatic N) is 4. The molecule has 3 rings (SSSR count). The molecule has 0 saturated carbocycles. The quantitative estimate of drug-likeness (QED) is 0.556. The lowest BCUT2D eigenvalue weighted by Crippen LogP contribution is -2.40. The van der Waals surface area contributed by atoms with Gasteiger partial charge in [0.1, 0.15) is 0 Å². The van der Waals surface area contributed by atoms with Crippen LogP contribution in [0.4, 0.5) is 0 Å². The summed E-state index contributed by atoms with van der Waals surface area (Å²) >= 11 is 0. The van der Waals surface area contributed by atoms with Crippen LogP contribution in [0, 0.1) is 5.92 Å². The smallest absolute Gasteiger partial charge is 0.257 e. The standard InChI is InChI=1S/C21H31N5O2/c1-4-7-19-24-20(28-25-19)18-9-6-8-16(12-18)13-23-21(22-5-2)26-11-10-17(14-26)15-27-3/h6,8-9,12,17H,4-5,7,10-11,13-15H2,1-3H3,(H,22,23). The number of hydrogen-bond donors (Lipinski definition) is 1. The molecule has 2 heterocycles. The zero-order valence-electron chi connectivity index (χ0n) is 17.1. The number of aromatic nitrogens is 2. The molecule has 1 aromatic carbocycles. The van der Waals surface area contributed by atoms with Crippen molar-refractivity contribution in [2.45, 2.75) is 39.7 Å². The Hall–Kier alpha value is -2.41. The van der Waals surface area contributed by atoms with Crippen LogP contribution in [0.5, 0.6) is 0 Å². The minimum absolute atomic E-state index is 0.572. The van der Waals surface area contributed by atoms with Crippen molar-refractivity contribution < 1.29 is 9.26 Å². The van der Waals surface area contributed by atoms with Gasteiger partial charge >= 0.3 is 0 Å². The average molecular weight is 386 g/mol. The first-order valence-corrected chi connectivity index (χ1v) is 10.2. The highest BCUT2D eigenvalue weighted by Crippen LogP contribution is 2.20. The summed E-state index contributed by atoms with van der Waals surface area (Å²) in [6.45, 7) is 8.48. The highest BCUT2D eigenvalue weighted by Gasteiger charge is 2.24. The molecule has 7 nitrogen and oxygen atoms in total. The molecule has 1 aliphatic heterocycles. The summed E-state index contributed by atoms with van der Waals surface area (Å²) in [5.74, 6) is 2.87. The molecular formula is C21H31N5O2. The van der Waals surface area contributed by atoms with Gasteiger partial charge in [-0.3, -0.25) is 0 Å². The van der Waals surface area contributed by atoms with Gasteiger partial charge in [0.25, 0.3) is 5.89 Å². The third-order valence-corrected chi connectivity index (χ3v) is 4.85. The molecule has 2 aromatic rings. The van der Waals surface area contributed by atoms with Gasteiger partial charge in [-0.25, -0.2) is 4.99 Å². The van der Waals surface area contributed by atoms with E-state index in [2.05, 4.69) is 46.3 Å². The van der Waals surface area contributed by atoms with Crippen LogP contribution >= 0.6 is 0 Å². The zero-order chi connectivity index (χ0) is 19.8. The fourth-order valence-corrected chi connectivity index (χ4v) is 3.49. The molecule has 0 aliphatic carbocycles. The molecule has 1 unspecified atom stereocenters. The van der Waals surface area contributed by atoms with Gasteiger partial charge in [0, 0.05) is 44.6 Å². The van der Waals surface area contributed by atoms with Crippen LogP contribution in [0.1, 0.15) is 38.1 Å². The Morgan fingerprint density at radius 1 is 1.39 bits per heavy atom. The van der Waals surface area contributed by atoms with E-state index in [9.17, 15) is 0 Å². The molecule has 0 amide bonds. The van der Waals surface area contributed by atoms with Gasteiger partial charge in [0.15, 0.2) is 11.8 Å². The van der Waals surface area contributed by atoms with Crippen molar-refractivity contribution in [3.63, 3.8) is 0 Å². The molecule has 1 aromatic heterocycles. The third kappa shape index (κ3) is 5.32. The molecular weight excluding hydrogens is 354 g/mol. The van der Waals surface area contributed by atoms with Gasteiger partial charge < -0.3 is 19.5 Å². The van der Waals surface area contributed by atoms with E-state index in [1.54, 1.807) is 7.11 Å². The van der Waals surface area contributed by atoms with E-state index in [-0.39, 0.29) is 0 Å². The lowest BCUT2D eigenvalue weighted by atomic mass is 10.1. The lowest BCUT2D eigenvalue weighted by molar-refractivity contribution is 0.157. The lowest BCUT2D eigenvalue weighted by Gasteiger charge is -2.21. The maximum Gasteiger partial charge on any atom is 0.257 e. The summed E-state index contributed by atoms with van der Waals surface area (Å²) in [5.41, 5.74) is 2.06. The summed E-state index contributed by atoms with van der Waals surface area (Å²) < 4.78 is 10.7. The summed E-state index contributed by atoms with van der Waals surface area (Å²) in [6, 6.07) is 8.17. The van der Waals surface area contributed by atoms with Crippen molar-refractivity contribution >= 4 is 5.96 Å². The second-order valence-corrected chi connectivity index (χ2v) is 7.19. The molecule has 1 fully saturated rings. The highest BCUT2D eigenvalue weighted by atomic mass is 16.5. The first kappa shape index (κ1) is 20.3. The number of aryl methyl sites for hydroxylation is 1. The number of aliphatic imine (C=N–C) groups is 1. The topological polar surface area (TPSA) is 75.8 Å². The largest absolute Gasteiger partial charge is 0.384 e. The Morgan fingerprint density at radius 2 is 2.29 bits per heavy atom. The average Bonchev–Trinajstić information content (AvgIpc) is 3.36. The summed E-state index contributed by atoms with van der Waals surface area (Å²) in [5, 5.41) is 7.46. The minimum atomic E-state index is 0.572. The number of nitrogens with one attached hydrogen (secondary N) is 1. The molecule has 1 saturated heterocycles. The van der Waals surface area contributed by atoms with E-state index in [0.717, 1.165) is 68.4 Å². The molecule has 7 heteroatoms. The van der Waals surface area contributed by atoms with Crippen LogP contribution in [0.25, 0.3) is 11.5 Å². The van der Waals surface area contributed by atoms with Crippen LogP contribution in [0.3, 0.4) is 0 Å². The molecule has 0 spiro atoms. The monoisotopic (exact) mass is 385 g/mol. The predicted octanol–water partition coefficient (Wildman–Crippen LogP) is 3.12. The summed E-state index contributed by atoms with van der Waals surface area (Å²) in [4.78, 5) is 11.7. The van der Waals surface area contributed by atoms with Crippen molar-refractivity contribution in [1.29, 1.82) is 0 Å². The van der Waals surface area contributed by atoms with E-state index in [1.807, 2.05) is 12.1 Å². The van der Waals surface area contributed by atoms with Gasteiger partial charge in [0.2, 0.25) is 0 Å². The maximum atomic E-state index is 5.41. The SMILES string of the molecule is CCCc1noc(-c2cccc(CN=C(NCC)N3CCC(COC)C3)c2)n1. The molecule has 152 valence electrons. The van der Waals surface area contributed by atoms with Crippen molar-refractivity contribution in [1.82, 2.24) is 20.4 Å². The number of ether oxygens (including phenoxy) is 1. The van der Waals surface area contributed by atoms with E-state index in [0.29, 0.717) is 18.4 Å². The van der Waals surface area contributed by atoms with E-state index >= 15 is 0 Å². The molecule has 1 aliphatic rings. The Kier molecular flexibility index (Phi) is 7.42. The first-order valence-electron chi connectivity index (χ1n) is 10.2. The molecule has 28 heavy (non-hydrogen) atoms. The minimum Gasteiger partial charge on any atom is -0.384 e. The molecule has 0 bridgehead atoms. The Bertz CT molecular complexity index is 774. The zero-order valence-corrected chi connectivity index (χ0v) is 17.1. The van der Waals surface area contributed by atoms with Crippen LogP contribution in [-0.4, -0.2) is 54.4 Å². The Morgan fingerprint density at radius 3 is 3.07 bits per heavy atom. The fourth-order valence-electron chi connectivity index (χ4n) is 3.49. The fraction of sp³-hybridized carbons (Fsp3) is 0.571. The van der Waals surface area contributed by atoms with Crippen molar-refractivity contribution in [3.8, 4) is 11.5 Å². The van der Waals surface area contributed by atoms with E-state index in [1.165, 1.54) is 0 Å². The van der Waals surface area contributed by atoms with Crippen LogP contribution in [-0.2, 0) is 17.7 Å². The Labute approximate surface area is 167 Å². The van der Waals surface area contributed by atoms with E-state index in [4.69, 9.17) is 14.3 Å². The number of methoxy groups -OCH3 is 1.